The summed E-state index contributed by atoms with van der Waals surface area (Å²) in [5, 5.41) is 4.72. The number of halogens is 1. The zero-order valence-corrected chi connectivity index (χ0v) is 31.6. The zero-order valence-electron chi connectivity index (χ0n) is 29.4. The Morgan fingerprint density at radius 3 is 1.81 bits per heavy atom. The normalized spacial score (nSPS) is 13.5. The van der Waals surface area contributed by atoms with Crippen LogP contribution in [0.5, 0.6) is 0 Å². The molecule has 0 bridgehead atoms. The Labute approximate surface area is 321 Å². The summed E-state index contributed by atoms with van der Waals surface area (Å²) < 4.78 is 13.6. The number of furan rings is 1. The van der Waals surface area contributed by atoms with Gasteiger partial charge in [0.15, 0.2) is 0 Å². The zero-order chi connectivity index (χ0) is 35.6. The van der Waals surface area contributed by atoms with Gasteiger partial charge in [-0.1, -0.05) is 48.5 Å². The third kappa shape index (κ3) is 5.07. The van der Waals surface area contributed by atoms with E-state index in [9.17, 15) is 0 Å². The predicted molar refractivity (Wildman–Crippen MR) is 235 cm³/mol. The van der Waals surface area contributed by atoms with Gasteiger partial charge in [-0.05, 0) is 0 Å². The number of hydrogen-bond acceptors (Lipinski definition) is 1. The molecule has 0 fully saturated rings. The number of nitrogens with zero attached hydrogens (tertiary/aromatic N) is 1. The minimum absolute atomic E-state index is 0.898. The molecule has 54 heavy (non-hydrogen) atoms. The van der Waals surface area contributed by atoms with Gasteiger partial charge in [0.05, 0.1) is 0 Å². The first-order valence-corrected chi connectivity index (χ1v) is 21.7. The molecular weight excluding hydrogens is 769 g/mol. The van der Waals surface area contributed by atoms with Crippen molar-refractivity contribution in [3.63, 3.8) is 0 Å². The van der Waals surface area contributed by atoms with E-state index in [1.807, 2.05) is 0 Å². The van der Waals surface area contributed by atoms with Crippen LogP contribution in [-0.4, -0.2) is 4.57 Å². The maximum atomic E-state index is 6.60. The monoisotopic (exact) mass is 803 g/mol. The van der Waals surface area contributed by atoms with Gasteiger partial charge in [-0.15, -0.1) is 0 Å². The van der Waals surface area contributed by atoms with Crippen LogP contribution in [-0.2, 0) is 6.42 Å². The molecule has 1 aliphatic heterocycles. The molecule has 0 N–H and O–H groups in total. The maximum absolute atomic E-state index is 6.60. The van der Waals surface area contributed by atoms with Crippen molar-refractivity contribution in [2.24, 2.45) is 0 Å². The van der Waals surface area contributed by atoms with Gasteiger partial charge in [0, 0.05) is 0 Å². The van der Waals surface area contributed by atoms with Gasteiger partial charge in [0.25, 0.3) is 0 Å². The second-order valence-corrected chi connectivity index (χ2v) is 19.1. The first kappa shape index (κ1) is 31.4. The molecular formula is C51H34INO. The van der Waals surface area contributed by atoms with E-state index in [0.717, 1.165) is 34.0 Å². The number of aromatic nitrogens is 1. The Morgan fingerprint density at radius 1 is 0.463 bits per heavy atom. The molecule has 0 atom stereocenters. The van der Waals surface area contributed by atoms with Crippen molar-refractivity contribution < 1.29 is 4.42 Å². The molecule has 0 amide bonds. The predicted octanol–water partition coefficient (Wildman–Crippen LogP) is 14.2. The van der Waals surface area contributed by atoms with E-state index in [1.165, 1.54) is 62.3 Å². The molecule has 1 aliphatic rings. The van der Waals surface area contributed by atoms with E-state index in [-0.39, 0.29) is 0 Å². The van der Waals surface area contributed by atoms with Crippen LogP contribution in [0.3, 0.4) is 0 Å². The molecule has 0 saturated heterocycles. The summed E-state index contributed by atoms with van der Waals surface area (Å²) >= 11 is -1.90. The Kier molecular flexibility index (Phi) is 7.41. The van der Waals surface area contributed by atoms with Crippen molar-refractivity contribution in [2.45, 2.75) is 6.42 Å². The summed E-state index contributed by atoms with van der Waals surface area (Å²) in [5.41, 5.74) is 12.9. The molecule has 11 rings (SSSR count). The molecule has 0 spiro atoms. The molecule has 0 saturated carbocycles. The summed E-state index contributed by atoms with van der Waals surface area (Å²) in [7, 11) is 0. The average molecular weight is 804 g/mol. The molecule has 256 valence electrons. The molecule has 10 aromatic rings. The van der Waals surface area contributed by atoms with Crippen molar-refractivity contribution in [3.8, 4) is 27.9 Å². The molecule has 8 aromatic carbocycles. The molecule has 2 aromatic heterocycles. The minimum atomic E-state index is -1.90. The van der Waals surface area contributed by atoms with Crippen LogP contribution in [0.1, 0.15) is 11.1 Å². The van der Waals surface area contributed by atoms with Crippen LogP contribution < -0.4 is 0 Å². The van der Waals surface area contributed by atoms with Crippen molar-refractivity contribution in [3.05, 3.63) is 212 Å². The fourth-order valence-electron chi connectivity index (χ4n) is 8.26. The number of hydrogen-bond donors (Lipinski definition) is 0. The Morgan fingerprint density at radius 2 is 1.07 bits per heavy atom. The van der Waals surface area contributed by atoms with Gasteiger partial charge < -0.3 is 0 Å². The van der Waals surface area contributed by atoms with Gasteiger partial charge in [-0.25, -0.2) is 0 Å². The third-order valence-electron chi connectivity index (χ3n) is 10.8. The first-order valence-electron chi connectivity index (χ1n) is 18.5. The molecule has 0 unspecified atom stereocenters. The first-order chi connectivity index (χ1) is 26.8. The third-order valence-corrected chi connectivity index (χ3v) is 17.2. The summed E-state index contributed by atoms with van der Waals surface area (Å²) in [4.78, 5) is 0. The second kappa shape index (κ2) is 12.8. The topological polar surface area (TPSA) is 18.1 Å². The van der Waals surface area contributed by atoms with Crippen LogP contribution in [0.25, 0.3) is 75.3 Å². The fourth-order valence-corrected chi connectivity index (χ4v) is 14.7. The second-order valence-electron chi connectivity index (χ2n) is 13.9. The van der Waals surface area contributed by atoms with Crippen LogP contribution in [0.15, 0.2) is 199 Å². The number of benzene rings is 8. The van der Waals surface area contributed by atoms with Crippen LogP contribution in [0.2, 0.25) is 0 Å². The molecule has 2 nitrogen and oxygen atoms in total. The van der Waals surface area contributed by atoms with Crippen molar-refractivity contribution in [1.82, 2.24) is 4.57 Å². The Bertz CT molecular complexity index is 3050. The Hall–Kier alpha value is -6.17. The number of rotatable bonds is 5. The van der Waals surface area contributed by atoms with Gasteiger partial charge in [-0.2, -0.15) is 0 Å². The van der Waals surface area contributed by atoms with Crippen LogP contribution >= 0.6 is 19.8 Å². The van der Waals surface area contributed by atoms with Gasteiger partial charge in [0.2, 0.25) is 0 Å². The summed E-state index contributed by atoms with van der Waals surface area (Å²) in [6.45, 7) is 0. The van der Waals surface area contributed by atoms with Gasteiger partial charge >= 0.3 is 274 Å². The molecule has 0 aliphatic carbocycles. The van der Waals surface area contributed by atoms with E-state index in [4.69, 9.17) is 4.42 Å². The SMILES string of the molecule is C1=C(c2ccc(-n3c4ccc(-c5ccccc5)cc4c4ccc5oc6ccc(-c7ccccc7)cc6c5c43)cc2)I(c2ccccc2)c2ccccc2C1. The molecule has 3 heteroatoms. The van der Waals surface area contributed by atoms with E-state index in [0.29, 0.717) is 0 Å². The van der Waals surface area contributed by atoms with Crippen molar-refractivity contribution >= 4 is 67.1 Å². The average Bonchev–Trinajstić information content (AvgIpc) is 3.79. The Balaban J connectivity index is 1.13. The van der Waals surface area contributed by atoms with Crippen LogP contribution in [0.4, 0.5) is 0 Å². The van der Waals surface area contributed by atoms with Gasteiger partial charge in [0.1, 0.15) is 0 Å². The quantitative estimate of drug-likeness (QED) is 0.159. The van der Waals surface area contributed by atoms with E-state index in [1.54, 1.807) is 3.57 Å². The molecule has 0 radical (unpaired) electrons. The summed E-state index contributed by atoms with van der Waals surface area (Å²) in [5.74, 6) is 0. The van der Waals surface area contributed by atoms with Crippen molar-refractivity contribution in [2.75, 3.05) is 0 Å². The standard InChI is InChI=1S/C51H34INO/c1-4-12-34(13-5-1)38-23-29-47-43(32-38)42-27-31-49-50(44-33-39(24-30-48(44)54-49)35-14-6-2-7-15-35)51(42)53(47)41-25-20-37(21-26-41)46-28-22-36-16-10-11-19-45(36)52(46)40-17-8-3-9-18-40/h1-21,23-33H,22H2. The summed E-state index contributed by atoms with van der Waals surface area (Å²) in [6, 6.07) is 68.9. The van der Waals surface area contributed by atoms with Crippen molar-refractivity contribution in [1.29, 1.82) is 0 Å². The summed E-state index contributed by atoms with van der Waals surface area (Å²) in [6.07, 6.45) is 3.48. The number of allylic oxidation sites excluding steroid dienone is 1. The van der Waals surface area contributed by atoms with Crippen LogP contribution in [0, 0.1) is 7.14 Å². The van der Waals surface area contributed by atoms with Gasteiger partial charge in [-0.3, -0.25) is 0 Å². The van der Waals surface area contributed by atoms with E-state index < -0.39 is 19.8 Å². The van der Waals surface area contributed by atoms with E-state index >= 15 is 0 Å². The molecule has 3 heterocycles. The number of fused-ring (bicyclic) bond motifs is 8. The fraction of sp³-hybridized carbons (Fsp3) is 0.0196. The van der Waals surface area contributed by atoms with E-state index in [2.05, 4.69) is 199 Å².